The number of rotatable bonds is 5. The van der Waals surface area contributed by atoms with Crippen molar-refractivity contribution < 1.29 is 14.8 Å². The number of methoxy groups -OCH3 is 1. The number of hydrogen-bond donors (Lipinski definition) is 3. The Morgan fingerprint density at radius 1 is 1.06 bits per heavy atom. The molecule has 0 amide bonds. The number of hydrogen-bond acceptors (Lipinski definition) is 8. The first kappa shape index (κ1) is 23.4. The fraction of sp³-hybridized carbons (Fsp3) is 0.458. The number of piperidine rings is 1. The van der Waals surface area contributed by atoms with Crippen LogP contribution in [-0.2, 0) is 0 Å². The van der Waals surface area contributed by atoms with Gasteiger partial charge in [0.2, 0.25) is 0 Å². The van der Waals surface area contributed by atoms with Crippen LogP contribution in [-0.4, -0.2) is 63.6 Å². The van der Waals surface area contributed by atoms with Crippen molar-refractivity contribution in [1.29, 1.82) is 0 Å². The maximum absolute atomic E-state index is 9.48. The summed E-state index contributed by atoms with van der Waals surface area (Å²) in [4.78, 5) is 6.53. The Morgan fingerprint density at radius 3 is 2.33 bits per heavy atom. The van der Waals surface area contributed by atoms with E-state index in [0.29, 0.717) is 28.5 Å². The van der Waals surface area contributed by atoms with Crippen LogP contribution < -0.4 is 20.4 Å². The first-order chi connectivity index (χ1) is 15.5. The number of nitrogens with one attached hydrogen (secondary N) is 1. The van der Waals surface area contributed by atoms with Gasteiger partial charge in [0.25, 0.3) is 0 Å². The Morgan fingerprint density at radius 2 is 1.76 bits per heavy atom. The first-order valence-electron chi connectivity index (χ1n) is 11.2. The SMILES string of the molecule is COc1cc2ncc(B(O)O)cc2cc1-c1ccc(N(C)C2CC(C)(C)NC(C)(C)C2)nn1. The number of anilines is 1. The quantitative estimate of drug-likeness (QED) is 0.509. The van der Waals surface area contributed by atoms with Gasteiger partial charge in [0.1, 0.15) is 5.75 Å². The molecule has 1 aromatic carbocycles. The van der Waals surface area contributed by atoms with Crippen LogP contribution in [0.5, 0.6) is 5.75 Å². The minimum absolute atomic E-state index is 0.0432. The predicted molar refractivity (Wildman–Crippen MR) is 132 cm³/mol. The van der Waals surface area contributed by atoms with E-state index in [2.05, 4.69) is 60.1 Å². The van der Waals surface area contributed by atoms with Gasteiger partial charge >= 0.3 is 7.12 Å². The van der Waals surface area contributed by atoms with Gasteiger partial charge in [0.05, 0.1) is 18.3 Å². The number of ether oxygens (including phenoxy) is 1. The summed E-state index contributed by atoms with van der Waals surface area (Å²) in [6, 6.07) is 9.68. The number of aromatic nitrogens is 3. The number of benzene rings is 1. The molecule has 1 saturated heterocycles. The van der Waals surface area contributed by atoms with Crippen molar-refractivity contribution in [2.75, 3.05) is 19.1 Å². The molecule has 0 spiro atoms. The van der Waals surface area contributed by atoms with Gasteiger partial charge in [-0.1, -0.05) is 6.07 Å². The van der Waals surface area contributed by atoms with Crippen LogP contribution in [0.2, 0.25) is 0 Å². The van der Waals surface area contributed by atoms with Gasteiger partial charge in [-0.15, -0.1) is 10.2 Å². The standard InChI is InChI=1S/C24H32BN5O3/c1-23(2)12-17(13-24(3,4)29-23)30(5)22-8-7-19(27-28-22)18-10-15-9-16(25(31)32)14-26-20(15)11-21(18)33-6/h7-11,14,17,29,31-32H,12-13H2,1-6H3. The Balaban J connectivity index is 1.65. The predicted octanol–water partition coefficient (Wildman–Crippen LogP) is 2.13. The van der Waals surface area contributed by atoms with E-state index < -0.39 is 7.12 Å². The smallest absolute Gasteiger partial charge is 0.490 e. The normalized spacial score (nSPS) is 17.7. The zero-order chi connectivity index (χ0) is 24.0. The molecule has 1 aliphatic rings. The van der Waals surface area contributed by atoms with Crippen LogP contribution in [0.4, 0.5) is 5.82 Å². The van der Waals surface area contributed by atoms with Crippen molar-refractivity contribution in [3.63, 3.8) is 0 Å². The summed E-state index contributed by atoms with van der Waals surface area (Å²) in [5.41, 5.74) is 2.55. The maximum atomic E-state index is 9.48. The molecule has 2 aromatic heterocycles. The van der Waals surface area contributed by atoms with E-state index in [1.54, 1.807) is 13.2 Å². The largest absolute Gasteiger partial charge is 0.496 e. The lowest BCUT2D eigenvalue weighted by Crippen LogP contribution is -2.62. The fourth-order valence-electron chi connectivity index (χ4n) is 5.07. The summed E-state index contributed by atoms with van der Waals surface area (Å²) in [5, 5.41) is 32.5. The highest BCUT2D eigenvalue weighted by Crippen LogP contribution is 2.34. The first-order valence-corrected chi connectivity index (χ1v) is 11.2. The monoisotopic (exact) mass is 449 g/mol. The van der Waals surface area contributed by atoms with Crippen molar-refractivity contribution in [1.82, 2.24) is 20.5 Å². The van der Waals surface area contributed by atoms with E-state index in [4.69, 9.17) is 4.74 Å². The topological polar surface area (TPSA) is 104 Å². The third-order valence-corrected chi connectivity index (χ3v) is 6.33. The number of fused-ring (bicyclic) bond motifs is 1. The van der Waals surface area contributed by atoms with Crippen LogP contribution in [0.15, 0.2) is 36.5 Å². The van der Waals surface area contributed by atoms with E-state index >= 15 is 0 Å². The summed E-state index contributed by atoms with van der Waals surface area (Å²) < 4.78 is 5.58. The Labute approximate surface area is 195 Å². The molecule has 3 heterocycles. The summed E-state index contributed by atoms with van der Waals surface area (Å²) in [7, 11) is 2.11. The van der Waals surface area contributed by atoms with Crippen molar-refractivity contribution >= 4 is 29.3 Å². The second-order valence-corrected chi connectivity index (χ2v) is 10.2. The zero-order valence-electron chi connectivity index (χ0n) is 20.1. The van der Waals surface area contributed by atoms with Crippen LogP contribution in [0.25, 0.3) is 22.2 Å². The van der Waals surface area contributed by atoms with E-state index in [1.165, 1.54) is 6.20 Å². The highest BCUT2D eigenvalue weighted by atomic mass is 16.5. The Kier molecular flexibility index (Phi) is 6.07. The van der Waals surface area contributed by atoms with Crippen molar-refractivity contribution in [3.05, 3.63) is 36.5 Å². The van der Waals surface area contributed by atoms with Gasteiger partial charge in [-0.05, 0) is 58.7 Å². The molecule has 0 radical (unpaired) electrons. The molecular formula is C24H32BN5O3. The van der Waals surface area contributed by atoms with Crippen LogP contribution in [0, 0.1) is 0 Å². The van der Waals surface area contributed by atoms with Gasteiger partial charge in [0, 0.05) is 52.8 Å². The zero-order valence-corrected chi connectivity index (χ0v) is 20.1. The van der Waals surface area contributed by atoms with Crippen molar-refractivity contribution in [2.24, 2.45) is 0 Å². The molecular weight excluding hydrogens is 417 g/mol. The molecule has 4 rings (SSSR count). The maximum Gasteiger partial charge on any atom is 0.490 e. The highest BCUT2D eigenvalue weighted by molar-refractivity contribution is 6.58. The second-order valence-electron chi connectivity index (χ2n) is 10.2. The summed E-state index contributed by atoms with van der Waals surface area (Å²) in [6.45, 7) is 8.97. The van der Waals surface area contributed by atoms with Crippen molar-refractivity contribution in [3.8, 4) is 17.0 Å². The van der Waals surface area contributed by atoms with E-state index in [1.807, 2.05) is 24.3 Å². The lowest BCUT2D eigenvalue weighted by atomic mass is 9.79. The molecule has 0 unspecified atom stereocenters. The van der Waals surface area contributed by atoms with Crippen LogP contribution in [0.3, 0.4) is 0 Å². The lowest BCUT2D eigenvalue weighted by Gasteiger charge is -2.49. The van der Waals surface area contributed by atoms with Crippen molar-refractivity contribution in [2.45, 2.75) is 57.7 Å². The molecule has 0 bridgehead atoms. The minimum atomic E-state index is -1.58. The summed E-state index contributed by atoms with van der Waals surface area (Å²) in [6.07, 6.45) is 3.47. The molecule has 0 aliphatic carbocycles. The lowest BCUT2D eigenvalue weighted by molar-refractivity contribution is 0.160. The number of pyridine rings is 1. The second kappa shape index (κ2) is 8.55. The Hall–Kier alpha value is -2.75. The molecule has 1 aliphatic heterocycles. The third-order valence-electron chi connectivity index (χ3n) is 6.33. The summed E-state index contributed by atoms with van der Waals surface area (Å²) >= 11 is 0. The molecule has 0 saturated carbocycles. The third kappa shape index (κ3) is 4.95. The Bertz CT molecular complexity index is 1130. The molecule has 9 heteroatoms. The molecule has 8 nitrogen and oxygen atoms in total. The molecule has 3 aromatic rings. The van der Waals surface area contributed by atoms with E-state index in [-0.39, 0.29) is 11.1 Å². The summed E-state index contributed by atoms with van der Waals surface area (Å²) in [5.74, 6) is 1.45. The average Bonchev–Trinajstić information content (AvgIpc) is 2.75. The molecule has 33 heavy (non-hydrogen) atoms. The minimum Gasteiger partial charge on any atom is -0.496 e. The van der Waals surface area contributed by atoms with Crippen LogP contribution >= 0.6 is 0 Å². The van der Waals surface area contributed by atoms with E-state index in [9.17, 15) is 10.0 Å². The molecule has 3 N–H and O–H groups in total. The van der Waals surface area contributed by atoms with Gasteiger partial charge < -0.3 is 25.0 Å². The van der Waals surface area contributed by atoms with Gasteiger partial charge in [-0.25, -0.2) is 0 Å². The van der Waals surface area contributed by atoms with Crippen LogP contribution in [0.1, 0.15) is 40.5 Å². The van der Waals surface area contributed by atoms with E-state index in [0.717, 1.165) is 29.6 Å². The van der Waals surface area contributed by atoms with Gasteiger partial charge in [-0.2, -0.15) is 0 Å². The average molecular weight is 449 g/mol. The highest BCUT2D eigenvalue weighted by Gasteiger charge is 2.39. The molecule has 1 fully saturated rings. The molecule has 0 atom stereocenters. The molecule has 174 valence electrons. The number of nitrogens with zero attached hydrogens (tertiary/aromatic N) is 4. The van der Waals surface area contributed by atoms with Gasteiger partial charge in [0.15, 0.2) is 5.82 Å². The van der Waals surface area contributed by atoms with Gasteiger partial charge in [-0.3, -0.25) is 4.98 Å². The fourth-order valence-corrected chi connectivity index (χ4v) is 5.07.